The number of pyridine rings is 1. The first-order chi connectivity index (χ1) is 10.3. The minimum absolute atomic E-state index is 0.284. The zero-order valence-corrected chi connectivity index (χ0v) is 12.2. The fraction of sp³-hybridized carbons (Fsp3) is 0.533. The molecule has 0 radical (unpaired) electrons. The minimum Gasteiger partial charge on any atom is -0.482 e. The summed E-state index contributed by atoms with van der Waals surface area (Å²) in [4.78, 5) is 10.8. The molecule has 0 saturated carbocycles. The van der Waals surface area contributed by atoms with Crippen LogP contribution < -0.4 is 4.74 Å². The van der Waals surface area contributed by atoms with Gasteiger partial charge in [0.1, 0.15) is 5.75 Å². The van der Waals surface area contributed by atoms with Crippen molar-refractivity contribution in [3.63, 3.8) is 0 Å². The van der Waals surface area contributed by atoms with Gasteiger partial charge >= 0.3 is 0 Å². The maximum atomic E-state index is 5.54. The van der Waals surface area contributed by atoms with Crippen LogP contribution in [0.3, 0.4) is 0 Å². The first-order valence-electron chi connectivity index (χ1n) is 7.32. The summed E-state index contributed by atoms with van der Waals surface area (Å²) in [7, 11) is 2.17. The SMILES string of the molecule is CN1CCC(Cc2noc(COc3cccnc3)n2)CC1. The van der Waals surface area contributed by atoms with Crippen molar-refractivity contribution in [1.82, 2.24) is 20.0 Å². The molecule has 0 aromatic carbocycles. The summed E-state index contributed by atoms with van der Waals surface area (Å²) >= 11 is 0. The molecule has 2 aromatic heterocycles. The average molecular weight is 288 g/mol. The van der Waals surface area contributed by atoms with Gasteiger partial charge in [-0.05, 0) is 51.0 Å². The molecular weight excluding hydrogens is 268 g/mol. The second-order valence-electron chi connectivity index (χ2n) is 5.53. The third kappa shape index (κ3) is 4.01. The lowest BCUT2D eigenvalue weighted by Crippen LogP contribution is -2.31. The molecule has 6 heteroatoms. The molecule has 0 unspecified atom stereocenters. The maximum absolute atomic E-state index is 5.54. The van der Waals surface area contributed by atoms with Crippen molar-refractivity contribution >= 4 is 0 Å². The number of rotatable bonds is 5. The Morgan fingerprint density at radius 3 is 3.00 bits per heavy atom. The van der Waals surface area contributed by atoms with Crippen LogP contribution in [0.1, 0.15) is 24.6 Å². The van der Waals surface area contributed by atoms with E-state index in [1.54, 1.807) is 12.4 Å². The summed E-state index contributed by atoms with van der Waals surface area (Å²) < 4.78 is 10.8. The number of hydrogen-bond acceptors (Lipinski definition) is 6. The zero-order chi connectivity index (χ0) is 14.5. The van der Waals surface area contributed by atoms with Crippen molar-refractivity contribution in [2.24, 2.45) is 5.92 Å². The van der Waals surface area contributed by atoms with E-state index in [-0.39, 0.29) is 6.61 Å². The predicted octanol–water partition coefficient (Wildman–Crippen LogP) is 1.93. The van der Waals surface area contributed by atoms with Crippen molar-refractivity contribution in [1.29, 1.82) is 0 Å². The van der Waals surface area contributed by atoms with E-state index < -0.39 is 0 Å². The van der Waals surface area contributed by atoms with Gasteiger partial charge in [0.2, 0.25) is 0 Å². The monoisotopic (exact) mass is 288 g/mol. The summed E-state index contributed by atoms with van der Waals surface area (Å²) in [5.74, 6) is 2.66. The third-order valence-electron chi connectivity index (χ3n) is 3.82. The number of aromatic nitrogens is 3. The number of piperidine rings is 1. The van der Waals surface area contributed by atoms with Crippen LogP contribution in [0, 0.1) is 5.92 Å². The van der Waals surface area contributed by atoms with E-state index in [9.17, 15) is 0 Å². The molecule has 112 valence electrons. The van der Waals surface area contributed by atoms with Gasteiger partial charge in [-0.1, -0.05) is 5.16 Å². The van der Waals surface area contributed by atoms with Crippen molar-refractivity contribution in [3.05, 3.63) is 36.2 Å². The highest BCUT2D eigenvalue weighted by Crippen LogP contribution is 2.19. The maximum Gasteiger partial charge on any atom is 0.264 e. The topological polar surface area (TPSA) is 64.3 Å². The summed E-state index contributed by atoms with van der Waals surface area (Å²) in [6.45, 7) is 2.59. The van der Waals surface area contributed by atoms with Crippen LogP contribution in [0.5, 0.6) is 5.75 Å². The van der Waals surface area contributed by atoms with Gasteiger partial charge in [-0.2, -0.15) is 4.98 Å². The van der Waals surface area contributed by atoms with Gasteiger partial charge in [-0.15, -0.1) is 0 Å². The van der Waals surface area contributed by atoms with E-state index in [1.807, 2.05) is 12.1 Å². The molecule has 1 aliphatic heterocycles. The zero-order valence-electron chi connectivity index (χ0n) is 12.2. The highest BCUT2D eigenvalue weighted by molar-refractivity contribution is 5.15. The van der Waals surface area contributed by atoms with E-state index in [2.05, 4.69) is 27.1 Å². The average Bonchev–Trinajstić information content (AvgIpc) is 2.96. The molecular formula is C15H20N4O2. The summed E-state index contributed by atoms with van der Waals surface area (Å²) in [5, 5.41) is 4.05. The Labute approximate surface area is 124 Å². The van der Waals surface area contributed by atoms with Gasteiger partial charge in [-0.3, -0.25) is 4.98 Å². The Morgan fingerprint density at radius 2 is 2.24 bits per heavy atom. The van der Waals surface area contributed by atoms with Crippen molar-refractivity contribution in [2.45, 2.75) is 25.9 Å². The molecule has 0 N–H and O–H groups in total. The van der Waals surface area contributed by atoms with E-state index in [4.69, 9.17) is 9.26 Å². The largest absolute Gasteiger partial charge is 0.482 e. The van der Waals surface area contributed by atoms with Gasteiger partial charge in [0.15, 0.2) is 12.4 Å². The van der Waals surface area contributed by atoms with Gasteiger partial charge in [0.05, 0.1) is 6.20 Å². The van der Waals surface area contributed by atoms with Crippen LogP contribution >= 0.6 is 0 Å². The molecule has 2 aromatic rings. The molecule has 21 heavy (non-hydrogen) atoms. The molecule has 0 atom stereocenters. The molecule has 6 nitrogen and oxygen atoms in total. The molecule has 3 heterocycles. The molecule has 0 amide bonds. The lowest BCUT2D eigenvalue weighted by atomic mass is 9.94. The highest BCUT2D eigenvalue weighted by atomic mass is 16.5. The van der Waals surface area contributed by atoms with Gasteiger partial charge < -0.3 is 14.2 Å². The van der Waals surface area contributed by atoms with Crippen LogP contribution in [-0.4, -0.2) is 40.2 Å². The van der Waals surface area contributed by atoms with E-state index in [0.29, 0.717) is 17.6 Å². The summed E-state index contributed by atoms with van der Waals surface area (Å²) in [6, 6.07) is 3.68. The Bertz CT molecular complexity index is 550. The first kappa shape index (κ1) is 14.0. The van der Waals surface area contributed by atoms with Gasteiger partial charge in [0.25, 0.3) is 5.89 Å². The van der Waals surface area contributed by atoms with Crippen LogP contribution in [0.4, 0.5) is 0 Å². The van der Waals surface area contributed by atoms with Crippen LogP contribution in [0.25, 0.3) is 0 Å². The molecule has 1 saturated heterocycles. The fourth-order valence-corrected chi connectivity index (χ4v) is 2.53. The number of likely N-dealkylation sites (tertiary alicyclic amines) is 1. The van der Waals surface area contributed by atoms with E-state index >= 15 is 0 Å². The fourth-order valence-electron chi connectivity index (χ4n) is 2.53. The van der Waals surface area contributed by atoms with Crippen molar-refractivity contribution < 1.29 is 9.26 Å². The molecule has 0 aliphatic carbocycles. The van der Waals surface area contributed by atoms with Gasteiger partial charge in [-0.25, -0.2) is 0 Å². The Morgan fingerprint density at radius 1 is 1.38 bits per heavy atom. The van der Waals surface area contributed by atoms with E-state index in [1.165, 1.54) is 12.8 Å². The molecule has 0 bridgehead atoms. The Hall–Kier alpha value is -1.95. The number of hydrogen-bond donors (Lipinski definition) is 0. The smallest absolute Gasteiger partial charge is 0.264 e. The van der Waals surface area contributed by atoms with Crippen LogP contribution in [-0.2, 0) is 13.0 Å². The lowest BCUT2D eigenvalue weighted by Gasteiger charge is -2.27. The second kappa shape index (κ2) is 6.67. The number of nitrogens with zero attached hydrogens (tertiary/aromatic N) is 4. The number of ether oxygens (including phenoxy) is 1. The van der Waals surface area contributed by atoms with Crippen molar-refractivity contribution in [2.75, 3.05) is 20.1 Å². The first-order valence-corrected chi connectivity index (χ1v) is 7.32. The predicted molar refractivity (Wildman–Crippen MR) is 76.8 cm³/mol. The third-order valence-corrected chi connectivity index (χ3v) is 3.82. The summed E-state index contributed by atoms with van der Waals surface area (Å²) in [5.41, 5.74) is 0. The summed E-state index contributed by atoms with van der Waals surface area (Å²) in [6.07, 6.45) is 6.67. The standard InChI is InChI=1S/C15H20N4O2/c1-19-7-4-12(5-8-19)9-14-17-15(21-18-14)11-20-13-3-2-6-16-10-13/h2-3,6,10,12H,4-5,7-9,11H2,1H3. The molecule has 1 fully saturated rings. The Kier molecular flexibility index (Phi) is 4.45. The van der Waals surface area contributed by atoms with Crippen LogP contribution in [0.2, 0.25) is 0 Å². The van der Waals surface area contributed by atoms with Crippen molar-refractivity contribution in [3.8, 4) is 5.75 Å². The quantitative estimate of drug-likeness (QED) is 0.837. The second-order valence-corrected chi connectivity index (χ2v) is 5.53. The Balaban J connectivity index is 1.49. The molecule has 0 spiro atoms. The minimum atomic E-state index is 0.284. The van der Waals surface area contributed by atoms with Crippen LogP contribution in [0.15, 0.2) is 29.0 Å². The normalized spacial score (nSPS) is 17.0. The molecule has 3 rings (SSSR count). The molecule has 1 aliphatic rings. The highest BCUT2D eigenvalue weighted by Gasteiger charge is 2.19. The lowest BCUT2D eigenvalue weighted by molar-refractivity contribution is 0.216. The van der Waals surface area contributed by atoms with Gasteiger partial charge in [0, 0.05) is 12.6 Å². The van der Waals surface area contributed by atoms with E-state index in [0.717, 1.165) is 25.3 Å².